The van der Waals surface area contributed by atoms with Crippen molar-refractivity contribution in [2.75, 3.05) is 26.7 Å². The van der Waals surface area contributed by atoms with Crippen molar-refractivity contribution < 1.29 is 13.2 Å². The number of carbonyl (C=O) groups excluding carboxylic acids is 1. The molecule has 0 radical (unpaired) electrons. The van der Waals surface area contributed by atoms with Crippen LogP contribution in [-0.4, -0.2) is 61.1 Å². The van der Waals surface area contributed by atoms with Gasteiger partial charge in [-0.15, -0.1) is 0 Å². The van der Waals surface area contributed by atoms with Gasteiger partial charge < -0.3 is 10.6 Å². The number of rotatable bonds is 3. The van der Waals surface area contributed by atoms with Gasteiger partial charge in [-0.25, -0.2) is 8.42 Å². The smallest absolute Gasteiger partial charge is 0.262 e. The molecule has 10 heteroatoms. The Morgan fingerprint density at radius 2 is 2.30 bits per heavy atom. The van der Waals surface area contributed by atoms with E-state index in [9.17, 15) is 13.2 Å². The van der Waals surface area contributed by atoms with Crippen molar-refractivity contribution in [2.24, 2.45) is 7.05 Å². The summed E-state index contributed by atoms with van der Waals surface area (Å²) in [5.74, 6) is -0.362. The Balaban J connectivity index is 2.44. The number of nitrogens with one attached hydrogen (secondary N) is 2. The highest BCUT2D eigenvalue weighted by Crippen LogP contribution is 2.25. The van der Waals surface area contributed by atoms with E-state index in [1.54, 1.807) is 0 Å². The van der Waals surface area contributed by atoms with Gasteiger partial charge in [-0.1, -0.05) is 11.6 Å². The van der Waals surface area contributed by atoms with Crippen LogP contribution in [0.15, 0.2) is 11.2 Å². The van der Waals surface area contributed by atoms with E-state index in [0.717, 1.165) is 4.31 Å². The molecular formula is C10H16ClN5O3S. The lowest BCUT2D eigenvalue weighted by molar-refractivity contribution is -0.124. The van der Waals surface area contributed by atoms with Crippen molar-refractivity contribution in [1.29, 1.82) is 0 Å². The molecule has 0 spiro atoms. The molecule has 0 aliphatic carbocycles. The zero-order valence-corrected chi connectivity index (χ0v) is 12.7. The van der Waals surface area contributed by atoms with Crippen molar-refractivity contribution in [3.8, 4) is 0 Å². The molecule has 2 N–H and O–H groups in total. The fraction of sp³-hybridized carbons (Fsp3) is 0.600. The Morgan fingerprint density at radius 1 is 1.60 bits per heavy atom. The van der Waals surface area contributed by atoms with Gasteiger partial charge in [0.1, 0.15) is 6.04 Å². The average molecular weight is 322 g/mol. The highest BCUT2D eigenvalue weighted by molar-refractivity contribution is 7.89. The molecule has 20 heavy (non-hydrogen) atoms. The Morgan fingerprint density at radius 3 is 2.85 bits per heavy atom. The van der Waals surface area contributed by atoms with Crippen LogP contribution in [0.5, 0.6) is 0 Å². The summed E-state index contributed by atoms with van der Waals surface area (Å²) in [6, 6.07) is -0.801. The maximum absolute atomic E-state index is 12.7. The van der Waals surface area contributed by atoms with Gasteiger partial charge in [0, 0.05) is 33.7 Å². The first-order valence-corrected chi connectivity index (χ1v) is 7.83. The lowest BCUT2D eigenvalue weighted by Gasteiger charge is -2.33. The summed E-state index contributed by atoms with van der Waals surface area (Å²) in [6.07, 6.45) is 1.27. The van der Waals surface area contributed by atoms with Gasteiger partial charge in [0.25, 0.3) is 10.0 Å². The third-order valence-corrected chi connectivity index (χ3v) is 5.55. The first-order chi connectivity index (χ1) is 9.39. The van der Waals surface area contributed by atoms with Crippen LogP contribution in [0.3, 0.4) is 0 Å². The van der Waals surface area contributed by atoms with Gasteiger partial charge in [-0.2, -0.15) is 9.40 Å². The summed E-state index contributed by atoms with van der Waals surface area (Å²) in [4.78, 5) is 11.9. The molecule has 0 bridgehead atoms. The van der Waals surface area contributed by atoms with Crippen molar-refractivity contribution >= 4 is 27.5 Å². The second-order valence-electron chi connectivity index (χ2n) is 4.37. The topological polar surface area (TPSA) is 96.3 Å². The third-order valence-electron chi connectivity index (χ3n) is 3.14. The summed E-state index contributed by atoms with van der Waals surface area (Å²) < 4.78 is 27.7. The molecule has 1 fully saturated rings. The van der Waals surface area contributed by atoms with Crippen molar-refractivity contribution in [1.82, 2.24) is 24.7 Å². The predicted octanol–water partition coefficient (Wildman–Crippen LogP) is -1.22. The maximum atomic E-state index is 12.7. The largest absolute Gasteiger partial charge is 0.358 e. The first kappa shape index (κ1) is 15.2. The van der Waals surface area contributed by atoms with Crippen molar-refractivity contribution in [2.45, 2.75) is 11.1 Å². The summed E-state index contributed by atoms with van der Waals surface area (Å²) in [5, 5.41) is 9.25. The number of hydrogen-bond donors (Lipinski definition) is 2. The number of nitrogens with zero attached hydrogens (tertiary/aromatic N) is 3. The van der Waals surface area contributed by atoms with E-state index in [2.05, 4.69) is 15.7 Å². The Hall–Kier alpha value is -1.16. The summed E-state index contributed by atoms with van der Waals surface area (Å²) >= 11 is 5.90. The molecule has 1 atom stereocenters. The Kier molecular flexibility index (Phi) is 4.33. The van der Waals surface area contributed by atoms with Crippen LogP contribution in [0, 0.1) is 0 Å². The fourth-order valence-corrected chi connectivity index (χ4v) is 4.36. The second-order valence-corrected chi connectivity index (χ2v) is 6.58. The average Bonchev–Trinajstić information content (AvgIpc) is 2.77. The normalized spacial score (nSPS) is 20.9. The van der Waals surface area contributed by atoms with Crippen LogP contribution in [-0.2, 0) is 21.9 Å². The van der Waals surface area contributed by atoms with E-state index in [0.29, 0.717) is 6.54 Å². The first-order valence-electron chi connectivity index (χ1n) is 6.01. The van der Waals surface area contributed by atoms with E-state index in [1.807, 2.05) is 0 Å². The SMILES string of the molecule is CNC(=O)C1CNCCN1S(=O)(=O)c1c(Cl)cnn1C. The number of piperazine rings is 1. The summed E-state index contributed by atoms with van der Waals surface area (Å²) in [5.41, 5.74) is 0. The lowest BCUT2D eigenvalue weighted by Crippen LogP contribution is -2.59. The molecule has 1 saturated heterocycles. The third kappa shape index (κ3) is 2.53. The van der Waals surface area contributed by atoms with Gasteiger partial charge in [-0.05, 0) is 0 Å². The van der Waals surface area contributed by atoms with Crippen molar-refractivity contribution in [3.63, 3.8) is 0 Å². The zero-order chi connectivity index (χ0) is 14.9. The molecule has 1 aromatic rings. The molecule has 8 nitrogen and oxygen atoms in total. The number of aromatic nitrogens is 2. The van der Waals surface area contributed by atoms with Gasteiger partial charge >= 0.3 is 0 Å². The van der Waals surface area contributed by atoms with Gasteiger partial charge in [0.05, 0.1) is 11.2 Å². The van der Waals surface area contributed by atoms with Gasteiger partial charge in [0.2, 0.25) is 5.91 Å². The molecule has 1 aromatic heterocycles. The number of likely N-dealkylation sites (N-methyl/N-ethyl adjacent to an activating group) is 1. The van der Waals surface area contributed by atoms with Gasteiger partial charge in [0.15, 0.2) is 5.03 Å². The molecule has 112 valence electrons. The van der Waals surface area contributed by atoms with E-state index < -0.39 is 16.1 Å². The summed E-state index contributed by atoms with van der Waals surface area (Å²) in [6.45, 7) is 0.929. The lowest BCUT2D eigenvalue weighted by atomic mass is 10.2. The molecule has 0 saturated carbocycles. The van der Waals surface area contributed by atoms with Crippen LogP contribution in [0.25, 0.3) is 0 Å². The predicted molar refractivity (Wildman–Crippen MR) is 72.8 cm³/mol. The van der Waals surface area contributed by atoms with Crippen LogP contribution < -0.4 is 10.6 Å². The molecule has 2 rings (SSSR count). The number of hydrogen-bond acceptors (Lipinski definition) is 5. The number of amides is 1. The molecular weight excluding hydrogens is 306 g/mol. The molecule has 1 aliphatic heterocycles. The minimum absolute atomic E-state index is 0.0432. The highest BCUT2D eigenvalue weighted by atomic mass is 35.5. The standard InChI is InChI=1S/C10H16ClN5O3S/c1-12-9(17)8-6-13-3-4-16(8)20(18,19)10-7(11)5-14-15(10)2/h5,8,13H,3-4,6H2,1-2H3,(H,12,17). The number of carbonyl (C=O) groups is 1. The zero-order valence-electron chi connectivity index (χ0n) is 11.1. The van der Waals surface area contributed by atoms with E-state index in [-0.39, 0.29) is 29.0 Å². The monoisotopic (exact) mass is 321 g/mol. The highest BCUT2D eigenvalue weighted by Gasteiger charge is 2.39. The van der Waals surface area contributed by atoms with Crippen LogP contribution >= 0.6 is 11.6 Å². The van der Waals surface area contributed by atoms with Crippen LogP contribution in [0.2, 0.25) is 5.02 Å². The van der Waals surface area contributed by atoms with Crippen LogP contribution in [0.1, 0.15) is 0 Å². The van der Waals surface area contributed by atoms with E-state index in [4.69, 9.17) is 11.6 Å². The molecule has 2 heterocycles. The molecule has 0 aromatic carbocycles. The maximum Gasteiger partial charge on any atom is 0.262 e. The quantitative estimate of drug-likeness (QED) is 0.727. The van der Waals surface area contributed by atoms with E-state index in [1.165, 1.54) is 25.0 Å². The Labute approximate surface area is 122 Å². The number of aryl methyl sites for hydroxylation is 1. The van der Waals surface area contributed by atoms with Crippen molar-refractivity contribution in [3.05, 3.63) is 11.2 Å². The van der Waals surface area contributed by atoms with Gasteiger partial charge in [-0.3, -0.25) is 9.48 Å². The molecule has 1 unspecified atom stereocenters. The number of sulfonamides is 1. The van der Waals surface area contributed by atoms with Crippen LogP contribution in [0.4, 0.5) is 0 Å². The van der Waals surface area contributed by atoms with E-state index >= 15 is 0 Å². The Bertz CT molecular complexity index is 595. The second kappa shape index (κ2) is 5.68. The minimum atomic E-state index is -3.88. The summed E-state index contributed by atoms with van der Waals surface area (Å²) in [7, 11) is -0.916. The molecule has 1 aliphatic rings. The molecule has 1 amide bonds. The number of halogens is 1. The minimum Gasteiger partial charge on any atom is -0.358 e. The fourth-order valence-electron chi connectivity index (χ4n) is 2.16.